The molecule has 1 amide bonds. The molecule has 4 rings (SSSR count). The molecule has 1 atom stereocenters. The Morgan fingerprint density at radius 2 is 2.20 bits per heavy atom. The Labute approximate surface area is 145 Å². The molecule has 1 saturated heterocycles. The largest absolute Gasteiger partial charge is 0.377 e. The number of carbonyl (C=O) groups is 1. The van der Waals surface area contributed by atoms with Gasteiger partial charge in [0, 0.05) is 18.1 Å². The number of hydrogen-bond acceptors (Lipinski definition) is 5. The van der Waals surface area contributed by atoms with Crippen molar-refractivity contribution >= 4 is 16.8 Å². The third-order valence-electron chi connectivity index (χ3n) is 4.58. The molecule has 25 heavy (non-hydrogen) atoms. The van der Waals surface area contributed by atoms with E-state index in [1.807, 2.05) is 26.0 Å². The minimum Gasteiger partial charge on any atom is -0.377 e. The molecule has 128 valence electrons. The second-order valence-corrected chi connectivity index (χ2v) is 6.30. The Kier molecular flexibility index (Phi) is 3.93. The maximum absolute atomic E-state index is 13.4. The number of benzene rings is 1. The Morgan fingerprint density at radius 3 is 3.00 bits per heavy atom. The average molecular weight is 337 g/mol. The molecule has 1 aliphatic heterocycles. The van der Waals surface area contributed by atoms with Gasteiger partial charge in [-0.05, 0) is 43.2 Å². The molecule has 0 saturated carbocycles. The number of aromatic nitrogens is 4. The molecule has 1 fully saturated rings. The lowest BCUT2D eigenvalue weighted by Crippen LogP contribution is -2.44. The monoisotopic (exact) mass is 337 g/mol. The normalized spacial score (nSPS) is 17.8. The molecular formula is C18H19N5O2. The summed E-state index contributed by atoms with van der Waals surface area (Å²) in [5.41, 5.74) is 3.50. The zero-order valence-corrected chi connectivity index (χ0v) is 14.2. The van der Waals surface area contributed by atoms with Crippen LogP contribution in [0.2, 0.25) is 0 Å². The maximum Gasteiger partial charge on any atom is 0.256 e. The molecule has 2 aromatic heterocycles. The first-order valence-corrected chi connectivity index (χ1v) is 8.25. The summed E-state index contributed by atoms with van der Waals surface area (Å²) in [6, 6.07) is 5.66. The molecule has 3 aromatic rings. The van der Waals surface area contributed by atoms with Crippen LogP contribution in [0, 0.1) is 13.8 Å². The first-order valence-electron chi connectivity index (χ1n) is 8.25. The van der Waals surface area contributed by atoms with E-state index in [0.29, 0.717) is 31.1 Å². The zero-order chi connectivity index (χ0) is 17.4. The Bertz CT molecular complexity index is 923. The molecule has 7 heteroatoms. The van der Waals surface area contributed by atoms with Crippen molar-refractivity contribution in [2.24, 2.45) is 0 Å². The van der Waals surface area contributed by atoms with Crippen LogP contribution in [-0.2, 0) is 4.74 Å². The van der Waals surface area contributed by atoms with Crippen LogP contribution in [0.3, 0.4) is 0 Å². The summed E-state index contributed by atoms with van der Waals surface area (Å²) in [7, 11) is 0. The Balaban J connectivity index is 1.80. The molecule has 0 bridgehead atoms. The van der Waals surface area contributed by atoms with E-state index in [1.54, 1.807) is 11.1 Å². The molecule has 7 nitrogen and oxygen atoms in total. The number of hydrogen-bond donors (Lipinski definition) is 1. The van der Waals surface area contributed by atoms with Gasteiger partial charge in [-0.25, -0.2) is 4.98 Å². The van der Waals surface area contributed by atoms with Gasteiger partial charge in [-0.3, -0.25) is 14.9 Å². The van der Waals surface area contributed by atoms with Crippen LogP contribution in [0.4, 0.5) is 0 Å². The fourth-order valence-corrected chi connectivity index (χ4v) is 3.30. The first-order chi connectivity index (χ1) is 12.1. The van der Waals surface area contributed by atoms with Gasteiger partial charge >= 0.3 is 0 Å². The van der Waals surface area contributed by atoms with Crippen molar-refractivity contribution in [3.63, 3.8) is 0 Å². The molecule has 1 unspecified atom stereocenters. The van der Waals surface area contributed by atoms with Gasteiger partial charge in [-0.2, -0.15) is 5.10 Å². The lowest BCUT2D eigenvalue weighted by molar-refractivity contribution is -0.00502. The van der Waals surface area contributed by atoms with E-state index in [2.05, 4.69) is 26.2 Å². The van der Waals surface area contributed by atoms with Crippen LogP contribution in [0.1, 0.15) is 33.4 Å². The Hall–Kier alpha value is -2.80. The fraction of sp³-hybridized carbons (Fsp3) is 0.333. The number of rotatable bonds is 2. The van der Waals surface area contributed by atoms with Crippen molar-refractivity contribution < 1.29 is 9.53 Å². The van der Waals surface area contributed by atoms with Crippen LogP contribution in [0.25, 0.3) is 10.9 Å². The van der Waals surface area contributed by atoms with E-state index in [4.69, 9.17) is 4.74 Å². The van der Waals surface area contributed by atoms with Gasteiger partial charge in [-0.1, -0.05) is 0 Å². The minimum atomic E-state index is -0.274. The molecule has 3 heterocycles. The van der Waals surface area contributed by atoms with Gasteiger partial charge in [-0.15, -0.1) is 0 Å². The van der Waals surface area contributed by atoms with Crippen molar-refractivity contribution in [1.29, 1.82) is 0 Å². The summed E-state index contributed by atoms with van der Waals surface area (Å²) in [5.74, 6) is 0.575. The van der Waals surface area contributed by atoms with Crippen molar-refractivity contribution in [3.05, 3.63) is 53.2 Å². The van der Waals surface area contributed by atoms with Gasteiger partial charge in [0.2, 0.25) is 0 Å². The quantitative estimate of drug-likeness (QED) is 0.775. The highest BCUT2D eigenvalue weighted by molar-refractivity contribution is 6.06. The van der Waals surface area contributed by atoms with Gasteiger partial charge in [0.25, 0.3) is 5.91 Å². The highest BCUT2D eigenvalue weighted by Gasteiger charge is 2.32. The number of pyridine rings is 1. The maximum atomic E-state index is 13.4. The lowest BCUT2D eigenvalue weighted by Gasteiger charge is -2.34. The number of ether oxygens (including phenoxy) is 1. The summed E-state index contributed by atoms with van der Waals surface area (Å²) < 4.78 is 5.56. The highest BCUT2D eigenvalue weighted by Crippen LogP contribution is 2.27. The lowest BCUT2D eigenvalue weighted by atomic mass is 10.0. The summed E-state index contributed by atoms with van der Waals surface area (Å²) in [6.45, 7) is 5.44. The van der Waals surface area contributed by atoms with E-state index < -0.39 is 0 Å². The van der Waals surface area contributed by atoms with Gasteiger partial charge in [0.05, 0.1) is 24.3 Å². The summed E-state index contributed by atoms with van der Waals surface area (Å²) in [6.07, 6.45) is 3.19. The fourth-order valence-electron chi connectivity index (χ4n) is 3.30. The highest BCUT2D eigenvalue weighted by atomic mass is 16.5. The van der Waals surface area contributed by atoms with Gasteiger partial charge < -0.3 is 9.64 Å². The number of nitrogens with one attached hydrogen (secondary N) is 1. The van der Waals surface area contributed by atoms with Crippen LogP contribution in [0.5, 0.6) is 0 Å². The van der Waals surface area contributed by atoms with Crippen molar-refractivity contribution in [2.45, 2.75) is 19.9 Å². The van der Waals surface area contributed by atoms with Gasteiger partial charge in [0.15, 0.2) is 0 Å². The Morgan fingerprint density at radius 1 is 1.32 bits per heavy atom. The number of aromatic amines is 1. The third kappa shape index (κ3) is 2.76. The van der Waals surface area contributed by atoms with E-state index in [0.717, 1.165) is 22.0 Å². The van der Waals surface area contributed by atoms with Crippen LogP contribution in [0.15, 0.2) is 30.7 Å². The zero-order valence-electron chi connectivity index (χ0n) is 14.2. The summed E-state index contributed by atoms with van der Waals surface area (Å²) >= 11 is 0. The van der Waals surface area contributed by atoms with Gasteiger partial charge in [0.1, 0.15) is 18.2 Å². The number of aryl methyl sites for hydroxylation is 2. The van der Waals surface area contributed by atoms with E-state index in [9.17, 15) is 4.79 Å². The first kappa shape index (κ1) is 15.7. The van der Waals surface area contributed by atoms with Crippen LogP contribution >= 0.6 is 0 Å². The second kappa shape index (κ2) is 6.25. The molecule has 0 radical (unpaired) electrons. The smallest absolute Gasteiger partial charge is 0.256 e. The van der Waals surface area contributed by atoms with Crippen molar-refractivity contribution in [2.75, 3.05) is 19.8 Å². The predicted molar refractivity (Wildman–Crippen MR) is 92.2 cm³/mol. The predicted octanol–water partition coefficient (Wildman–Crippen LogP) is 2.18. The van der Waals surface area contributed by atoms with Crippen LogP contribution < -0.4 is 0 Å². The molecule has 1 aromatic carbocycles. The molecule has 1 N–H and O–H groups in total. The van der Waals surface area contributed by atoms with E-state index in [1.165, 1.54) is 6.33 Å². The number of carbonyl (C=O) groups excluding carboxylic acids is 1. The summed E-state index contributed by atoms with van der Waals surface area (Å²) in [4.78, 5) is 23.8. The number of amides is 1. The average Bonchev–Trinajstić information content (AvgIpc) is 3.16. The molecule has 0 spiro atoms. The van der Waals surface area contributed by atoms with E-state index >= 15 is 0 Å². The second-order valence-electron chi connectivity index (χ2n) is 6.30. The standard InChI is InChI=1S/C18H19N5O2/c1-11-7-13-12(2)3-4-19-16(13)14(8-11)18(24)23-5-6-25-9-15(23)17-20-10-21-22-17/h3-4,7-8,10,15H,5-6,9H2,1-2H3,(H,20,21,22). The number of morpholine rings is 1. The number of H-pyrrole nitrogens is 1. The van der Waals surface area contributed by atoms with E-state index in [-0.39, 0.29) is 11.9 Å². The number of fused-ring (bicyclic) bond motifs is 1. The third-order valence-corrected chi connectivity index (χ3v) is 4.58. The summed E-state index contributed by atoms with van der Waals surface area (Å²) in [5, 5.41) is 7.76. The minimum absolute atomic E-state index is 0.0588. The number of nitrogens with zero attached hydrogens (tertiary/aromatic N) is 4. The van der Waals surface area contributed by atoms with Crippen LogP contribution in [-0.4, -0.2) is 50.7 Å². The molecular weight excluding hydrogens is 318 g/mol. The SMILES string of the molecule is Cc1cc(C(=O)N2CCOCC2c2ncn[nH]2)c2nccc(C)c2c1. The molecule has 0 aliphatic carbocycles. The molecule has 1 aliphatic rings. The van der Waals surface area contributed by atoms with Crippen molar-refractivity contribution in [1.82, 2.24) is 25.1 Å². The van der Waals surface area contributed by atoms with Crippen molar-refractivity contribution in [3.8, 4) is 0 Å². The topological polar surface area (TPSA) is 84.0 Å².